The van der Waals surface area contributed by atoms with E-state index >= 15 is 0 Å². The highest BCUT2D eigenvalue weighted by atomic mass is 19.1. The Morgan fingerprint density at radius 3 is 2.56 bits per heavy atom. The Kier molecular flexibility index (Phi) is 7.74. The van der Waals surface area contributed by atoms with Crippen LogP contribution in [0.2, 0.25) is 0 Å². The molecular weight excluding hydrogens is 439 g/mol. The fourth-order valence-electron chi connectivity index (χ4n) is 4.09. The van der Waals surface area contributed by atoms with Gasteiger partial charge in [0.2, 0.25) is 17.6 Å². The number of hydrogen-bond donors (Lipinski definition) is 1. The zero-order chi connectivity index (χ0) is 23.9. The standard InChI is InChI=1S/C25H29FN4O4/c1-32-21-8-3-17(15-22(21)33-2)9-12-27-25(31)19-10-13-30(14-11-19)16-23-28-24(29-34-23)18-4-6-20(26)7-5-18/h3-8,15,19H,9-14,16H2,1-2H3,(H,27,31). The van der Waals surface area contributed by atoms with E-state index in [4.69, 9.17) is 14.0 Å². The molecule has 1 saturated heterocycles. The second-order valence-electron chi connectivity index (χ2n) is 8.30. The van der Waals surface area contributed by atoms with Gasteiger partial charge in [-0.1, -0.05) is 11.2 Å². The molecule has 34 heavy (non-hydrogen) atoms. The van der Waals surface area contributed by atoms with Crippen LogP contribution in [0.15, 0.2) is 47.0 Å². The van der Waals surface area contributed by atoms with Crippen LogP contribution in [0.25, 0.3) is 11.4 Å². The maximum Gasteiger partial charge on any atom is 0.241 e. The van der Waals surface area contributed by atoms with Crippen molar-refractivity contribution in [1.29, 1.82) is 0 Å². The number of amides is 1. The third-order valence-corrected chi connectivity index (χ3v) is 6.05. The highest BCUT2D eigenvalue weighted by Gasteiger charge is 2.26. The van der Waals surface area contributed by atoms with Crippen molar-refractivity contribution in [2.75, 3.05) is 33.9 Å². The molecule has 0 bridgehead atoms. The van der Waals surface area contributed by atoms with Crippen molar-refractivity contribution in [1.82, 2.24) is 20.4 Å². The van der Waals surface area contributed by atoms with Crippen LogP contribution in [0.4, 0.5) is 4.39 Å². The average Bonchev–Trinajstić information content (AvgIpc) is 3.33. The van der Waals surface area contributed by atoms with Crippen molar-refractivity contribution < 1.29 is 23.2 Å². The van der Waals surface area contributed by atoms with Gasteiger partial charge in [0.1, 0.15) is 5.82 Å². The van der Waals surface area contributed by atoms with Crippen LogP contribution in [-0.4, -0.2) is 54.8 Å². The lowest BCUT2D eigenvalue weighted by Gasteiger charge is -2.30. The normalized spacial score (nSPS) is 14.7. The molecule has 0 atom stereocenters. The lowest BCUT2D eigenvalue weighted by atomic mass is 9.96. The zero-order valence-corrected chi connectivity index (χ0v) is 19.4. The Morgan fingerprint density at radius 2 is 1.85 bits per heavy atom. The number of methoxy groups -OCH3 is 2. The monoisotopic (exact) mass is 468 g/mol. The second-order valence-corrected chi connectivity index (χ2v) is 8.30. The van der Waals surface area contributed by atoms with E-state index in [1.807, 2.05) is 18.2 Å². The van der Waals surface area contributed by atoms with Crippen LogP contribution in [0.3, 0.4) is 0 Å². The molecule has 1 aliphatic heterocycles. The molecule has 2 aromatic carbocycles. The van der Waals surface area contributed by atoms with Gasteiger partial charge in [-0.05, 0) is 74.3 Å². The molecule has 1 N–H and O–H groups in total. The van der Waals surface area contributed by atoms with Crippen molar-refractivity contribution >= 4 is 5.91 Å². The summed E-state index contributed by atoms with van der Waals surface area (Å²) in [5, 5.41) is 7.05. The largest absolute Gasteiger partial charge is 0.493 e. The number of hydrogen-bond acceptors (Lipinski definition) is 7. The molecule has 1 aromatic heterocycles. The number of halogens is 1. The molecule has 1 aliphatic rings. The third-order valence-electron chi connectivity index (χ3n) is 6.05. The summed E-state index contributed by atoms with van der Waals surface area (Å²) >= 11 is 0. The molecule has 3 aromatic rings. The molecule has 9 heteroatoms. The van der Waals surface area contributed by atoms with E-state index in [0.717, 1.165) is 37.9 Å². The highest BCUT2D eigenvalue weighted by Crippen LogP contribution is 2.27. The first-order valence-electron chi connectivity index (χ1n) is 11.3. The van der Waals surface area contributed by atoms with Crippen molar-refractivity contribution in [2.24, 2.45) is 5.92 Å². The molecule has 4 rings (SSSR count). The summed E-state index contributed by atoms with van der Waals surface area (Å²) in [7, 11) is 3.22. The van der Waals surface area contributed by atoms with Crippen LogP contribution in [0.1, 0.15) is 24.3 Å². The number of nitrogens with zero attached hydrogens (tertiary/aromatic N) is 3. The van der Waals surface area contributed by atoms with Gasteiger partial charge in [0.15, 0.2) is 11.5 Å². The number of benzene rings is 2. The third kappa shape index (κ3) is 5.91. The van der Waals surface area contributed by atoms with Gasteiger partial charge in [-0.15, -0.1) is 0 Å². The van der Waals surface area contributed by atoms with Crippen LogP contribution >= 0.6 is 0 Å². The van der Waals surface area contributed by atoms with Crippen molar-refractivity contribution in [2.45, 2.75) is 25.8 Å². The number of nitrogens with one attached hydrogen (secondary N) is 1. The van der Waals surface area contributed by atoms with Gasteiger partial charge in [0.25, 0.3) is 0 Å². The van der Waals surface area contributed by atoms with Gasteiger partial charge in [-0.25, -0.2) is 4.39 Å². The van der Waals surface area contributed by atoms with E-state index in [1.165, 1.54) is 12.1 Å². The Hall–Kier alpha value is -3.46. The smallest absolute Gasteiger partial charge is 0.241 e. The summed E-state index contributed by atoms with van der Waals surface area (Å²) in [5.41, 5.74) is 1.78. The molecule has 8 nitrogen and oxygen atoms in total. The molecule has 0 aliphatic carbocycles. The van der Waals surface area contributed by atoms with Crippen LogP contribution in [0.5, 0.6) is 11.5 Å². The topological polar surface area (TPSA) is 89.7 Å². The lowest BCUT2D eigenvalue weighted by molar-refractivity contribution is -0.126. The quantitative estimate of drug-likeness (QED) is 0.514. The molecule has 1 fully saturated rings. The molecule has 0 spiro atoms. The van der Waals surface area contributed by atoms with E-state index in [1.54, 1.807) is 26.4 Å². The number of aromatic nitrogens is 2. The number of rotatable bonds is 9. The summed E-state index contributed by atoms with van der Waals surface area (Å²) in [5.74, 6) is 2.12. The summed E-state index contributed by atoms with van der Waals surface area (Å²) in [6.07, 6.45) is 2.28. The maximum absolute atomic E-state index is 13.1. The molecule has 0 saturated carbocycles. The van der Waals surface area contributed by atoms with Gasteiger partial charge in [0.05, 0.1) is 20.8 Å². The number of piperidine rings is 1. The summed E-state index contributed by atoms with van der Waals surface area (Å²) < 4.78 is 29.1. The summed E-state index contributed by atoms with van der Waals surface area (Å²) in [4.78, 5) is 19.2. The minimum atomic E-state index is -0.305. The van der Waals surface area contributed by atoms with Gasteiger partial charge in [0, 0.05) is 18.0 Å². The second kappa shape index (κ2) is 11.1. The van der Waals surface area contributed by atoms with Gasteiger partial charge >= 0.3 is 0 Å². The lowest BCUT2D eigenvalue weighted by Crippen LogP contribution is -2.40. The number of ether oxygens (including phenoxy) is 2. The highest BCUT2D eigenvalue weighted by molar-refractivity contribution is 5.78. The minimum absolute atomic E-state index is 0.000820. The molecular formula is C25H29FN4O4. The van der Waals surface area contributed by atoms with E-state index in [9.17, 15) is 9.18 Å². The van der Waals surface area contributed by atoms with Crippen LogP contribution in [0, 0.1) is 11.7 Å². The first-order chi connectivity index (χ1) is 16.6. The van der Waals surface area contributed by atoms with E-state index in [0.29, 0.717) is 41.9 Å². The Bertz CT molecular complexity index is 1090. The van der Waals surface area contributed by atoms with Crippen LogP contribution < -0.4 is 14.8 Å². The number of carbonyl (C=O) groups is 1. The van der Waals surface area contributed by atoms with Crippen molar-refractivity contribution in [3.05, 3.63) is 59.7 Å². The van der Waals surface area contributed by atoms with E-state index in [-0.39, 0.29) is 17.6 Å². The maximum atomic E-state index is 13.1. The first kappa shape index (κ1) is 23.7. The van der Waals surface area contributed by atoms with Gasteiger partial charge in [-0.2, -0.15) is 4.98 Å². The fraction of sp³-hybridized carbons (Fsp3) is 0.400. The first-order valence-corrected chi connectivity index (χ1v) is 11.3. The molecule has 0 unspecified atom stereocenters. The average molecular weight is 469 g/mol. The SMILES string of the molecule is COc1ccc(CCNC(=O)C2CCN(Cc3nc(-c4ccc(F)cc4)no3)CC2)cc1OC. The number of likely N-dealkylation sites (tertiary alicyclic amines) is 1. The van der Waals surface area contributed by atoms with Crippen molar-refractivity contribution in [3.8, 4) is 22.9 Å². The predicted molar refractivity (Wildman–Crippen MR) is 124 cm³/mol. The summed E-state index contributed by atoms with van der Waals surface area (Å²) in [6.45, 7) is 2.66. The Labute approximate surface area is 198 Å². The molecule has 0 radical (unpaired) electrons. The van der Waals surface area contributed by atoms with Gasteiger partial charge in [-0.3, -0.25) is 9.69 Å². The van der Waals surface area contributed by atoms with Crippen LogP contribution in [-0.2, 0) is 17.8 Å². The molecule has 2 heterocycles. The number of carbonyl (C=O) groups excluding carboxylic acids is 1. The summed E-state index contributed by atoms with van der Waals surface area (Å²) in [6, 6.07) is 11.8. The van der Waals surface area contributed by atoms with E-state index < -0.39 is 0 Å². The minimum Gasteiger partial charge on any atom is -0.493 e. The van der Waals surface area contributed by atoms with Gasteiger partial charge < -0.3 is 19.3 Å². The Balaban J connectivity index is 1.20. The molecule has 1 amide bonds. The molecule has 180 valence electrons. The fourth-order valence-corrected chi connectivity index (χ4v) is 4.09. The van der Waals surface area contributed by atoms with Crippen molar-refractivity contribution in [3.63, 3.8) is 0 Å². The Morgan fingerprint density at radius 1 is 1.12 bits per heavy atom. The zero-order valence-electron chi connectivity index (χ0n) is 19.4. The van der Waals surface area contributed by atoms with E-state index in [2.05, 4.69) is 20.4 Å². The predicted octanol–water partition coefficient (Wildman–Crippen LogP) is 3.46.